The van der Waals surface area contributed by atoms with E-state index in [-0.39, 0.29) is 6.04 Å². The first-order chi connectivity index (χ1) is 16.9. The first-order valence-electron chi connectivity index (χ1n) is 13.1. The molecule has 0 spiro atoms. The van der Waals surface area contributed by atoms with Crippen LogP contribution in [0, 0.1) is 11.8 Å². The lowest BCUT2D eigenvalue weighted by molar-refractivity contribution is -0.0401. The summed E-state index contributed by atoms with van der Waals surface area (Å²) in [6.45, 7) is 9.74. The molecule has 2 aromatic rings. The van der Waals surface area contributed by atoms with E-state index in [9.17, 15) is 9.90 Å². The summed E-state index contributed by atoms with van der Waals surface area (Å²) in [4.78, 5) is 16.8. The van der Waals surface area contributed by atoms with Crippen LogP contribution in [0.25, 0.3) is 11.1 Å². The zero-order chi connectivity index (χ0) is 24.4. The molecule has 4 saturated heterocycles. The maximum atomic E-state index is 12.6. The van der Waals surface area contributed by atoms with Gasteiger partial charge in [-0.2, -0.15) is 0 Å². The molecule has 4 aliphatic rings. The van der Waals surface area contributed by atoms with Gasteiger partial charge in [0.15, 0.2) is 0 Å². The van der Waals surface area contributed by atoms with Crippen LogP contribution in [0.15, 0.2) is 48.5 Å². The van der Waals surface area contributed by atoms with Crippen molar-refractivity contribution in [2.45, 2.75) is 51.1 Å². The van der Waals surface area contributed by atoms with E-state index in [1.54, 1.807) is 4.90 Å². The van der Waals surface area contributed by atoms with Gasteiger partial charge in [0.1, 0.15) is 5.75 Å². The number of hydrogen-bond acceptors (Lipinski definition) is 4. The van der Waals surface area contributed by atoms with Crippen molar-refractivity contribution in [3.63, 3.8) is 0 Å². The second-order valence-electron chi connectivity index (χ2n) is 10.9. The van der Waals surface area contributed by atoms with Gasteiger partial charge in [-0.15, -0.1) is 0 Å². The molecule has 0 aromatic heterocycles. The molecule has 4 fully saturated rings. The fraction of sp³-hybridized carbons (Fsp3) is 0.552. The van der Waals surface area contributed by atoms with Crippen molar-refractivity contribution in [1.82, 2.24) is 9.80 Å². The highest BCUT2D eigenvalue weighted by molar-refractivity contribution is 5.68. The summed E-state index contributed by atoms with van der Waals surface area (Å²) in [6, 6.07) is 16.7. The molecule has 2 bridgehead atoms. The number of benzene rings is 2. The fourth-order valence-corrected chi connectivity index (χ4v) is 6.00. The smallest absolute Gasteiger partial charge is 0.408 e. The van der Waals surface area contributed by atoms with Crippen LogP contribution in [0.5, 0.6) is 5.75 Å². The summed E-state index contributed by atoms with van der Waals surface area (Å²) in [5.74, 6) is 1.98. The number of nitrogens with zero attached hydrogens (tertiary/aromatic N) is 2. The fourth-order valence-electron chi connectivity index (χ4n) is 6.00. The lowest BCUT2D eigenvalue weighted by Gasteiger charge is -2.45. The molecule has 6 heteroatoms. The lowest BCUT2D eigenvalue weighted by atomic mass is 9.84. The summed E-state index contributed by atoms with van der Waals surface area (Å²) in [5.41, 5.74) is 2.67. The van der Waals surface area contributed by atoms with Crippen molar-refractivity contribution >= 4 is 6.09 Å². The van der Waals surface area contributed by atoms with Crippen LogP contribution in [0.1, 0.15) is 45.1 Å². The summed E-state index contributed by atoms with van der Waals surface area (Å²) in [7, 11) is 0. The van der Waals surface area contributed by atoms with Crippen molar-refractivity contribution in [1.29, 1.82) is 0 Å². The lowest BCUT2D eigenvalue weighted by Crippen LogP contribution is -2.53. The minimum Gasteiger partial charge on any atom is -0.494 e. The van der Waals surface area contributed by atoms with Crippen molar-refractivity contribution in [3.8, 4) is 16.9 Å². The molecular formula is C29H38N2O4. The molecule has 6 rings (SSSR count). The van der Waals surface area contributed by atoms with E-state index in [0.29, 0.717) is 11.8 Å². The van der Waals surface area contributed by atoms with E-state index in [1.807, 2.05) is 12.1 Å². The van der Waals surface area contributed by atoms with Gasteiger partial charge >= 0.3 is 6.09 Å². The topological polar surface area (TPSA) is 62.2 Å². The third kappa shape index (κ3) is 5.19. The molecule has 6 nitrogen and oxygen atoms in total. The van der Waals surface area contributed by atoms with Crippen LogP contribution >= 0.6 is 0 Å². The normalized spacial score (nSPS) is 24.5. The quantitative estimate of drug-likeness (QED) is 0.545. The number of ether oxygens (including phenoxy) is 2. The van der Waals surface area contributed by atoms with Gasteiger partial charge < -0.3 is 19.5 Å². The number of carbonyl (C=O) groups is 1. The Morgan fingerprint density at radius 1 is 1.00 bits per heavy atom. The van der Waals surface area contributed by atoms with Gasteiger partial charge in [-0.3, -0.25) is 4.90 Å². The van der Waals surface area contributed by atoms with E-state index in [1.165, 1.54) is 0 Å². The van der Waals surface area contributed by atoms with Crippen molar-refractivity contribution in [2.24, 2.45) is 11.8 Å². The molecule has 1 amide bonds. The van der Waals surface area contributed by atoms with Crippen molar-refractivity contribution < 1.29 is 19.4 Å². The van der Waals surface area contributed by atoms with Gasteiger partial charge in [0.05, 0.1) is 25.4 Å². The number of carboxylic acid groups (broad SMARTS) is 1. The highest BCUT2D eigenvalue weighted by atomic mass is 16.5. The monoisotopic (exact) mass is 478 g/mol. The zero-order valence-electron chi connectivity index (χ0n) is 21.0. The van der Waals surface area contributed by atoms with Gasteiger partial charge in [0, 0.05) is 18.5 Å². The number of amides is 1. The summed E-state index contributed by atoms with van der Waals surface area (Å²) in [5, 5.41) is 10.3. The summed E-state index contributed by atoms with van der Waals surface area (Å²) >= 11 is 0. The predicted octanol–water partition coefficient (Wildman–Crippen LogP) is 5.47. The van der Waals surface area contributed by atoms with E-state index in [4.69, 9.17) is 9.47 Å². The third-order valence-corrected chi connectivity index (χ3v) is 8.34. The molecule has 4 heterocycles. The Bertz CT molecular complexity index is 992. The van der Waals surface area contributed by atoms with Gasteiger partial charge in [0.2, 0.25) is 0 Å². The largest absolute Gasteiger partial charge is 0.494 e. The summed E-state index contributed by atoms with van der Waals surface area (Å²) < 4.78 is 11.1. The Morgan fingerprint density at radius 3 is 2.17 bits per heavy atom. The number of hydrogen-bond donors (Lipinski definition) is 1. The molecule has 2 aromatic carbocycles. The van der Waals surface area contributed by atoms with Gasteiger partial charge in [-0.25, -0.2) is 4.79 Å². The summed E-state index contributed by atoms with van der Waals surface area (Å²) in [6.07, 6.45) is 3.33. The Morgan fingerprint density at radius 2 is 1.60 bits per heavy atom. The van der Waals surface area contributed by atoms with Crippen LogP contribution in [-0.4, -0.2) is 66.5 Å². The highest BCUT2D eigenvalue weighted by Gasteiger charge is 2.43. The predicted molar refractivity (Wildman–Crippen MR) is 137 cm³/mol. The SMILES string of the molecule is CC(C)(c1ccc(-c2ccc(OCCC3COC3)cc2)cc1)N(C(=O)O)C1CCN2CCC1CC2. The molecule has 1 N–H and O–H groups in total. The van der Waals surface area contributed by atoms with Crippen LogP contribution in [-0.2, 0) is 10.3 Å². The van der Waals surface area contributed by atoms with Crippen molar-refractivity contribution in [3.05, 3.63) is 54.1 Å². The van der Waals surface area contributed by atoms with Gasteiger partial charge in [-0.1, -0.05) is 36.4 Å². The molecule has 0 radical (unpaired) electrons. The minimum atomic E-state index is -0.815. The molecule has 0 aliphatic carbocycles. The van der Waals surface area contributed by atoms with Crippen molar-refractivity contribution in [2.75, 3.05) is 39.5 Å². The highest BCUT2D eigenvalue weighted by Crippen LogP contribution is 2.38. The maximum Gasteiger partial charge on any atom is 0.408 e. The number of piperidine rings is 1. The maximum absolute atomic E-state index is 12.6. The minimum absolute atomic E-state index is 0.0686. The molecule has 1 unspecified atom stereocenters. The molecule has 0 saturated carbocycles. The Kier molecular flexibility index (Phi) is 7.03. The first kappa shape index (κ1) is 24.1. The second-order valence-corrected chi connectivity index (χ2v) is 10.9. The van der Waals surface area contributed by atoms with E-state index < -0.39 is 11.6 Å². The van der Waals surface area contributed by atoms with E-state index in [2.05, 4.69) is 55.1 Å². The Labute approximate surface area is 208 Å². The molecule has 1 atom stereocenters. The average molecular weight is 479 g/mol. The van der Waals surface area contributed by atoms with E-state index >= 15 is 0 Å². The van der Waals surface area contributed by atoms with E-state index in [0.717, 1.165) is 87.6 Å². The zero-order valence-corrected chi connectivity index (χ0v) is 21.0. The standard InChI is InChI=1S/C29H38N2O4/c1-29(2,31(28(32)33)27-13-17-30-15-11-24(27)12-16-30)25-7-3-22(4-8-25)23-5-9-26(10-6-23)35-18-14-21-19-34-20-21/h3-10,21,24,27H,11-20H2,1-2H3,(H,32,33). The van der Waals surface area contributed by atoms with Crippen LogP contribution in [0.2, 0.25) is 0 Å². The molecule has 188 valence electrons. The molecular weight excluding hydrogens is 440 g/mol. The van der Waals surface area contributed by atoms with Crippen LogP contribution in [0.3, 0.4) is 0 Å². The van der Waals surface area contributed by atoms with Gasteiger partial charge in [-0.05, 0) is 87.4 Å². The van der Waals surface area contributed by atoms with Crippen LogP contribution < -0.4 is 4.74 Å². The average Bonchev–Trinajstić information content (AvgIpc) is 3.15. The van der Waals surface area contributed by atoms with Gasteiger partial charge in [0.25, 0.3) is 0 Å². The number of fused-ring (bicyclic) bond motifs is 4. The molecule has 4 aliphatic heterocycles. The third-order valence-electron chi connectivity index (χ3n) is 8.34. The molecule has 35 heavy (non-hydrogen) atoms. The Balaban J connectivity index is 1.28. The second kappa shape index (κ2) is 10.2. The Hall–Kier alpha value is -2.57. The first-order valence-corrected chi connectivity index (χ1v) is 13.1. The number of rotatable bonds is 8. The van der Waals surface area contributed by atoms with Crippen LogP contribution in [0.4, 0.5) is 4.79 Å².